The van der Waals surface area contributed by atoms with Crippen molar-refractivity contribution in [3.8, 4) is 0 Å². The summed E-state index contributed by atoms with van der Waals surface area (Å²) in [6.45, 7) is 0. The van der Waals surface area contributed by atoms with Crippen molar-refractivity contribution in [3.63, 3.8) is 0 Å². The molecule has 0 saturated carbocycles. The number of hydrogen-bond donors (Lipinski definition) is 2. The van der Waals surface area contributed by atoms with Crippen molar-refractivity contribution < 1.29 is 9.59 Å². The van der Waals surface area contributed by atoms with E-state index in [4.69, 9.17) is 11.6 Å². The standard InChI is InChI=1S/C18H12BrClN2O2S/c19-12-4-6-13(7-5-12)21-17(23)11-3-8-14(20)15(10-11)22-18(24)16-2-1-9-25-16/h1-10H,(H,21,23)(H,22,24). The first kappa shape index (κ1) is 17.7. The monoisotopic (exact) mass is 434 g/mol. The smallest absolute Gasteiger partial charge is 0.265 e. The Morgan fingerprint density at radius 2 is 1.72 bits per heavy atom. The number of carbonyl (C=O) groups is 2. The minimum atomic E-state index is -0.286. The Kier molecular flexibility index (Phi) is 5.53. The number of halogens is 2. The Labute approximate surface area is 162 Å². The molecular weight excluding hydrogens is 424 g/mol. The fourth-order valence-corrected chi connectivity index (χ4v) is 3.14. The number of anilines is 2. The van der Waals surface area contributed by atoms with Gasteiger partial charge in [0.05, 0.1) is 15.6 Å². The fourth-order valence-electron chi connectivity index (χ4n) is 2.09. The van der Waals surface area contributed by atoms with Gasteiger partial charge in [-0.25, -0.2) is 0 Å². The van der Waals surface area contributed by atoms with E-state index in [-0.39, 0.29) is 11.8 Å². The highest BCUT2D eigenvalue weighted by Gasteiger charge is 2.13. The number of hydrogen-bond acceptors (Lipinski definition) is 3. The van der Waals surface area contributed by atoms with Crippen LogP contribution < -0.4 is 10.6 Å². The summed E-state index contributed by atoms with van der Waals surface area (Å²) in [5, 5.41) is 7.72. The lowest BCUT2D eigenvalue weighted by atomic mass is 10.1. The summed E-state index contributed by atoms with van der Waals surface area (Å²) in [5.41, 5.74) is 1.46. The first-order chi connectivity index (χ1) is 12.0. The van der Waals surface area contributed by atoms with Crippen LogP contribution in [0.4, 0.5) is 11.4 Å². The highest BCUT2D eigenvalue weighted by molar-refractivity contribution is 9.10. The van der Waals surface area contributed by atoms with Crippen LogP contribution in [-0.2, 0) is 0 Å². The maximum absolute atomic E-state index is 12.4. The van der Waals surface area contributed by atoms with Crippen molar-refractivity contribution in [3.05, 3.63) is 79.9 Å². The molecule has 2 aromatic carbocycles. The van der Waals surface area contributed by atoms with Gasteiger partial charge in [0, 0.05) is 15.7 Å². The second-order valence-electron chi connectivity index (χ2n) is 5.09. The Hall–Kier alpha value is -2.15. The van der Waals surface area contributed by atoms with Gasteiger partial charge in [-0.05, 0) is 53.9 Å². The molecule has 1 aromatic heterocycles. The van der Waals surface area contributed by atoms with Crippen molar-refractivity contribution in [2.75, 3.05) is 10.6 Å². The van der Waals surface area contributed by atoms with Crippen LogP contribution in [0.25, 0.3) is 0 Å². The van der Waals surface area contributed by atoms with Gasteiger partial charge in [-0.2, -0.15) is 0 Å². The molecule has 0 spiro atoms. The predicted octanol–water partition coefficient (Wildman–Crippen LogP) is 5.67. The Bertz CT molecular complexity index is 911. The summed E-state index contributed by atoms with van der Waals surface area (Å²) < 4.78 is 0.926. The molecule has 3 rings (SSSR count). The van der Waals surface area contributed by atoms with Crippen LogP contribution in [0.5, 0.6) is 0 Å². The largest absolute Gasteiger partial charge is 0.322 e. The van der Waals surface area contributed by atoms with E-state index in [1.807, 2.05) is 17.5 Å². The van der Waals surface area contributed by atoms with Gasteiger partial charge in [-0.1, -0.05) is 33.6 Å². The first-order valence-electron chi connectivity index (χ1n) is 7.24. The topological polar surface area (TPSA) is 58.2 Å². The minimum absolute atomic E-state index is 0.262. The predicted molar refractivity (Wildman–Crippen MR) is 106 cm³/mol. The zero-order valence-electron chi connectivity index (χ0n) is 12.8. The molecule has 3 aromatic rings. The maximum atomic E-state index is 12.4. The van der Waals surface area contributed by atoms with E-state index in [2.05, 4.69) is 26.6 Å². The van der Waals surface area contributed by atoms with Gasteiger partial charge < -0.3 is 10.6 Å². The number of rotatable bonds is 4. The molecule has 0 unspecified atom stereocenters. The van der Waals surface area contributed by atoms with E-state index >= 15 is 0 Å². The van der Waals surface area contributed by atoms with Gasteiger partial charge in [-0.3, -0.25) is 9.59 Å². The number of nitrogens with one attached hydrogen (secondary N) is 2. The Balaban J connectivity index is 1.77. The van der Waals surface area contributed by atoms with Crippen molar-refractivity contribution in [2.24, 2.45) is 0 Å². The highest BCUT2D eigenvalue weighted by atomic mass is 79.9. The Morgan fingerprint density at radius 3 is 2.40 bits per heavy atom. The highest BCUT2D eigenvalue weighted by Crippen LogP contribution is 2.25. The van der Waals surface area contributed by atoms with E-state index in [0.717, 1.165) is 4.47 Å². The first-order valence-corrected chi connectivity index (χ1v) is 9.29. The second kappa shape index (κ2) is 7.82. The van der Waals surface area contributed by atoms with Crippen molar-refractivity contribution in [1.29, 1.82) is 0 Å². The number of benzene rings is 2. The third-order valence-corrected chi connectivity index (χ3v) is 5.05. The van der Waals surface area contributed by atoms with Crippen molar-refractivity contribution >= 4 is 62.1 Å². The summed E-state index contributed by atoms with van der Waals surface area (Å²) in [5.74, 6) is -0.548. The maximum Gasteiger partial charge on any atom is 0.265 e. The van der Waals surface area contributed by atoms with Gasteiger partial charge >= 0.3 is 0 Å². The molecule has 0 aliphatic heterocycles. The van der Waals surface area contributed by atoms with Crippen LogP contribution in [0.2, 0.25) is 5.02 Å². The molecule has 0 radical (unpaired) electrons. The van der Waals surface area contributed by atoms with E-state index in [1.165, 1.54) is 11.3 Å². The second-order valence-corrected chi connectivity index (χ2v) is 7.36. The van der Waals surface area contributed by atoms with Crippen molar-refractivity contribution in [1.82, 2.24) is 0 Å². The SMILES string of the molecule is O=C(Nc1ccc(Br)cc1)c1ccc(Cl)c(NC(=O)c2cccs2)c1. The van der Waals surface area contributed by atoms with Gasteiger partial charge in [-0.15, -0.1) is 11.3 Å². The molecular formula is C18H12BrClN2O2S. The molecule has 0 aliphatic rings. The lowest BCUT2D eigenvalue weighted by molar-refractivity contribution is 0.101. The summed E-state index contributed by atoms with van der Waals surface area (Å²) in [6.07, 6.45) is 0. The summed E-state index contributed by atoms with van der Waals surface area (Å²) in [7, 11) is 0. The molecule has 7 heteroatoms. The zero-order valence-corrected chi connectivity index (χ0v) is 15.9. The van der Waals surface area contributed by atoms with Crippen LogP contribution in [0.15, 0.2) is 64.5 Å². The van der Waals surface area contributed by atoms with E-state index in [0.29, 0.717) is 26.8 Å². The van der Waals surface area contributed by atoms with Gasteiger partial charge in [0.1, 0.15) is 0 Å². The van der Waals surface area contributed by atoms with Gasteiger partial charge in [0.2, 0.25) is 0 Å². The van der Waals surface area contributed by atoms with E-state index < -0.39 is 0 Å². The van der Waals surface area contributed by atoms with E-state index in [9.17, 15) is 9.59 Å². The Morgan fingerprint density at radius 1 is 0.960 bits per heavy atom. The third kappa shape index (κ3) is 4.48. The molecule has 0 saturated heterocycles. The molecule has 0 fully saturated rings. The fraction of sp³-hybridized carbons (Fsp3) is 0. The molecule has 0 atom stereocenters. The lowest BCUT2D eigenvalue weighted by Gasteiger charge is -2.10. The number of carbonyl (C=O) groups excluding carboxylic acids is 2. The minimum Gasteiger partial charge on any atom is -0.322 e. The molecule has 2 amide bonds. The van der Waals surface area contributed by atoms with E-state index in [1.54, 1.807) is 42.5 Å². The summed E-state index contributed by atoms with van der Waals surface area (Å²) in [4.78, 5) is 25.1. The zero-order chi connectivity index (χ0) is 17.8. The summed E-state index contributed by atoms with van der Waals surface area (Å²) >= 11 is 10.8. The average Bonchev–Trinajstić information content (AvgIpc) is 3.13. The molecule has 2 N–H and O–H groups in total. The third-order valence-electron chi connectivity index (χ3n) is 3.32. The van der Waals surface area contributed by atoms with Gasteiger partial charge in [0.25, 0.3) is 11.8 Å². The molecule has 126 valence electrons. The van der Waals surface area contributed by atoms with Crippen LogP contribution in [0.1, 0.15) is 20.0 Å². The van der Waals surface area contributed by atoms with Crippen LogP contribution in [0.3, 0.4) is 0 Å². The number of amides is 2. The summed E-state index contributed by atoms with van der Waals surface area (Å²) in [6, 6.07) is 15.5. The lowest BCUT2D eigenvalue weighted by Crippen LogP contribution is -2.14. The average molecular weight is 436 g/mol. The van der Waals surface area contributed by atoms with Crippen LogP contribution in [0, 0.1) is 0 Å². The molecule has 4 nitrogen and oxygen atoms in total. The quantitative estimate of drug-likeness (QED) is 0.555. The van der Waals surface area contributed by atoms with Gasteiger partial charge in [0.15, 0.2) is 0 Å². The van der Waals surface area contributed by atoms with Crippen molar-refractivity contribution in [2.45, 2.75) is 0 Å². The normalized spacial score (nSPS) is 10.3. The molecule has 1 heterocycles. The number of thiophene rings is 1. The molecule has 25 heavy (non-hydrogen) atoms. The van der Waals surface area contributed by atoms with Crippen LogP contribution in [-0.4, -0.2) is 11.8 Å². The molecule has 0 aliphatic carbocycles. The molecule has 0 bridgehead atoms. The van der Waals surface area contributed by atoms with Crippen LogP contribution >= 0.6 is 38.9 Å².